The number of nitrogens with zero attached hydrogens (tertiary/aromatic N) is 4. The van der Waals surface area contributed by atoms with E-state index in [-0.39, 0.29) is 24.5 Å². The largest absolute Gasteiger partial charge is 0.573 e. The number of benzene rings is 1. The summed E-state index contributed by atoms with van der Waals surface area (Å²) in [5, 5.41) is 5.24. The van der Waals surface area contributed by atoms with E-state index in [1.165, 1.54) is 4.90 Å². The molecule has 3 heterocycles. The molecule has 2 N–H and O–H groups in total. The van der Waals surface area contributed by atoms with E-state index in [0.717, 1.165) is 34.2 Å². The molecule has 4 amide bonds. The lowest BCUT2D eigenvalue weighted by Gasteiger charge is -2.27. The van der Waals surface area contributed by atoms with E-state index in [9.17, 15) is 27.6 Å². The summed E-state index contributed by atoms with van der Waals surface area (Å²) in [6.07, 6.45) is 1.28. The van der Waals surface area contributed by atoms with E-state index in [4.69, 9.17) is 0 Å². The fourth-order valence-corrected chi connectivity index (χ4v) is 3.99. The molecular weight excluding hydrogens is 517 g/mol. The second kappa shape index (κ2) is 11.1. The van der Waals surface area contributed by atoms with Crippen molar-refractivity contribution < 1.29 is 32.3 Å². The van der Waals surface area contributed by atoms with E-state index in [2.05, 4.69) is 25.3 Å². The van der Waals surface area contributed by atoms with Gasteiger partial charge in [0.15, 0.2) is 5.75 Å². The number of carbonyl (C=O) groups excluding carboxylic acids is 3. The monoisotopic (exact) mass is 542 g/mol. The summed E-state index contributed by atoms with van der Waals surface area (Å²) in [6, 6.07) is 9.46. The topological polar surface area (TPSA) is 117 Å². The summed E-state index contributed by atoms with van der Waals surface area (Å²) >= 11 is 0. The summed E-state index contributed by atoms with van der Waals surface area (Å²) in [5.74, 6) is -1.94. The van der Waals surface area contributed by atoms with Crippen molar-refractivity contribution in [1.82, 2.24) is 20.2 Å². The highest BCUT2D eigenvalue weighted by molar-refractivity contribution is 6.23. The number of hydrogen-bond acceptors (Lipinski definition) is 7. The third kappa shape index (κ3) is 6.49. The molecule has 0 aliphatic carbocycles. The molecule has 0 bridgehead atoms. The maximum atomic E-state index is 13.4. The van der Waals surface area contributed by atoms with Gasteiger partial charge < -0.3 is 20.3 Å². The summed E-state index contributed by atoms with van der Waals surface area (Å²) in [7, 11) is 0. The van der Waals surface area contributed by atoms with Gasteiger partial charge in [-0.15, -0.1) is 13.2 Å². The van der Waals surface area contributed by atoms with Crippen molar-refractivity contribution in [3.05, 3.63) is 78.4 Å². The number of aromatic nitrogens is 2. The number of anilines is 2. The van der Waals surface area contributed by atoms with Crippen LogP contribution in [0, 0.1) is 0 Å². The van der Waals surface area contributed by atoms with Gasteiger partial charge >= 0.3 is 12.4 Å². The van der Waals surface area contributed by atoms with Gasteiger partial charge in [0, 0.05) is 37.9 Å². The fraction of sp³-hybridized carbons (Fsp3) is 0.269. The second-order valence-corrected chi connectivity index (χ2v) is 9.17. The van der Waals surface area contributed by atoms with Crippen LogP contribution in [-0.4, -0.2) is 51.2 Å². The number of nitrogens with one attached hydrogen (secondary N) is 2. The molecule has 1 fully saturated rings. The second-order valence-electron chi connectivity index (χ2n) is 9.17. The Morgan fingerprint density at radius 1 is 1.03 bits per heavy atom. The molecule has 10 nitrogen and oxygen atoms in total. The summed E-state index contributed by atoms with van der Waals surface area (Å²) in [4.78, 5) is 49.3. The van der Waals surface area contributed by atoms with E-state index < -0.39 is 35.5 Å². The number of amides is 4. The zero-order valence-electron chi connectivity index (χ0n) is 21.0. The third-order valence-corrected chi connectivity index (χ3v) is 5.97. The number of halogens is 3. The standard InChI is InChI=1S/C26H25F3N6O4/c1-25(2)23(37)35(24(38)34(25)16-17-7-10-30-11-8-17)19-5-6-21(39-26(27,28)29)20(12-19)33-22(36)15-32-14-18-4-3-9-31-13-18/h3-13,32H,14-16H2,1-2H3,(H,33,36). The fourth-order valence-electron chi connectivity index (χ4n) is 3.99. The Morgan fingerprint density at radius 2 is 1.77 bits per heavy atom. The van der Waals surface area contributed by atoms with Crippen LogP contribution in [0.3, 0.4) is 0 Å². The maximum Gasteiger partial charge on any atom is 0.573 e. The van der Waals surface area contributed by atoms with Crippen LogP contribution < -0.4 is 20.3 Å². The highest BCUT2D eigenvalue weighted by Crippen LogP contribution is 2.38. The van der Waals surface area contributed by atoms with Crippen LogP contribution in [0.2, 0.25) is 0 Å². The van der Waals surface area contributed by atoms with E-state index >= 15 is 0 Å². The van der Waals surface area contributed by atoms with Gasteiger partial charge in [-0.2, -0.15) is 0 Å². The minimum absolute atomic E-state index is 0.0246. The van der Waals surface area contributed by atoms with Crippen LogP contribution in [0.1, 0.15) is 25.0 Å². The van der Waals surface area contributed by atoms with E-state index in [1.54, 1.807) is 62.9 Å². The Kier molecular flexibility index (Phi) is 7.81. The number of alkyl halides is 3. The molecule has 2 aromatic heterocycles. The molecule has 0 radical (unpaired) electrons. The Bertz CT molecular complexity index is 1350. The predicted octanol–water partition coefficient (Wildman–Crippen LogP) is 3.85. The lowest BCUT2D eigenvalue weighted by molar-refractivity contribution is -0.274. The number of urea groups is 1. The molecule has 0 unspecified atom stereocenters. The maximum absolute atomic E-state index is 13.4. The molecule has 1 aliphatic rings. The van der Waals surface area contributed by atoms with Gasteiger partial charge in [-0.1, -0.05) is 6.07 Å². The summed E-state index contributed by atoms with van der Waals surface area (Å²) in [5.41, 5.74) is -0.0891. The van der Waals surface area contributed by atoms with Gasteiger partial charge in [0.2, 0.25) is 5.91 Å². The van der Waals surface area contributed by atoms with Crippen molar-refractivity contribution in [1.29, 1.82) is 0 Å². The first kappa shape index (κ1) is 27.5. The third-order valence-electron chi connectivity index (χ3n) is 5.97. The van der Waals surface area contributed by atoms with Crippen LogP contribution in [0.25, 0.3) is 0 Å². The number of ether oxygens (including phenoxy) is 1. The number of imide groups is 1. The SMILES string of the molecule is CC1(C)C(=O)N(c2ccc(OC(F)(F)F)c(NC(=O)CNCc3cccnc3)c2)C(=O)N1Cc1ccncc1. The van der Waals surface area contributed by atoms with Gasteiger partial charge in [0.05, 0.1) is 17.9 Å². The molecular formula is C26H25F3N6O4. The van der Waals surface area contributed by atoms with Crippen molar-refractivity contribution in [2.24, 2.45) is 0 Å². The number of rotatable bonds is 9. The summed E-state index contributed by atoms with van der Waals surface area (Å²) in [6.45, 7) is 3.32. The first-order chi connectivity index (χ1) is 18.5. The van der Waals surface area contributed by atoms with Crippen LogP contribution >= 0.6 is 0 Å². The highest BCUT2D eigenvalue weighted by atomic mass is 19.4. The zero-order chi connectivity index (χ0) is 28.2. The number of pyridine rings is 2. The van der Waals surface area contributed by atoms with E-state index in [1.807, 2.05) is 0 Å². The average Bonchev–Trinajstić information content (AvgIpc) is 3.05. The van der Waals surface area contributed by atoms with Crippen LogP contribution in [-0.2, 0) is 22.7 Å². The molecule has 1 aliphatic heterocycles. The Hall–Kier alpha value is -4.52. The first-order valence-electron chi connectivity index (χ1n) is 11.8. The minimum atomic E-state index is -5.04. The number of hydrogen-bond donors (Lipinski definition) is 2. The molecule has 204 valence electrons. The molecule has 1 aromatic carbocycles. The van der Waals surface area contributed by atoms with Gasteiger partial charge in [-0.25, -0.2) is 9.69 Å². The number of carbonyl (C=O) groups is 3. The van der Waals surface area contributed by atoms with Gasteiger partial charge in [0.25, 0.3) is 5.91 Å². The molecule has 3 aromatic rings. The van der Waals surface area contributed by atoms with Gasteiger partial charge in [0.1, 0.15) is 5.54 Å². The normalized spacial score (nSPS) is 15.0. The Balaban J connectivity index is 1.56. The molecule has 39 heavy (non-hydrogen) atoms. The van der Waals surface area contributed by atoms with Gasteiger partial charge in [-0.3, -0.25) is 19.6 Å². The molecule has 4 rings (SSSR count). The van der Waals surface area contributed by atoms with Crippen molar-refractivity contribution >= 4 is 29.2 Å². The molecule has 0 spiro atoms. The van der Waals surface area contributed by atoms with Crippen LogP contribution in [0.5, 0.6) is 5.75 Å². The predicted molar refractivity (Wildman–Crippen MR) is 134 cm³/mol. The summed E-state index contributed by atoms with van der Waals surface area (Å²) < 4.78 is 43.2. The van der Waals surface area contributed by atoms with Crippen molar-refractivity contribution in [2.75, 3.05) is 16.8 Å². The molecule has 0 saturated carbocycles. The zero-order valence-corrected chi connectivity index (χ0v) is 21.0. The van der Waals surface area contributed by atoms with Crippen molar-refractivity contribution in [2.45, 2.75) is 38.8 Å². The molecule has 1 saturated heterocycles. The Morgan fingerprint density at radius 3 is 2.44 bits per heavy atom. The molecule has 13 heteroatoms. The van der Waals surface area contributed by atoms with Crippen molar-refractivity contribution in [3.63, 3.8) is 0 Å². The quantitative estimate of drug-likeness (QED) is 0.395. The smallest absolute Gasteiger partial charge is 0.404 e. The molecule has 0 atom stereocenters. The van der Waals surface area contributed by atoms with Crippen molar-refractivity contribution in [3.8, 4) is 5.75 Å². The van der Waals surface area contributed by atoms with Crippen LogP contribution in [0.15, 0.2) is 67.3 Å². The first-order valence-corrected chi connectivity index (χ1v) is 11.8. The minimum Gasteiger partial charge on any atom is -0.404 e. The lowest BCUT2D eigenvalue weighted by atomic mass is 10.0. The van der Waals surface area contributed by atoms with Gasteiger partial charge in [-0.05, 0) is 61.4 Å². The average molecular weight is 543 g/mol. The van der Waals surface area contributed by atoms with Crippen LogP contribution in [0.4, 0.5) is 29.3 Å². The van der Waals surface area contributed by atoms with E-state index in [0.29, 0.717) is 6.54 Å². The lowest BCUT2D eigenvalue weighted by Crippen LogP contribution is -2.43. The Labute approximate surface area is 221 Å². The highest BCUT2D eigenvalue weighted by Gasteiger charge is 2.52.